The molecule has 8 heteroatoms. The van der Waals surface area contributed by atoms with Gasteiger partial charge in [-0.2, -0.15) is 4.31 Å². The second-order valence-corrected chi connectivity index (χ2v) is 9.46. The van der Waals surface area contributed by atoms with E-state index in [4.69, 9.17) is 4.74 Å². The van der Waals surface area contributed by atoms with E-state index in [1.165, 1.54) is 28.6 Å². The van der Waals surface area contributed by atoms with Crippen LogP contribution in [0.2, 0.25) is 0 Å². The van der Waals surface area contributed by atoms with Gasteiger partial charge in [-0.15, -0.1) is 0 Å². The van der Waals surface area contributed by atoms with Crippen molar-refractivity contribution in [2.24, 2.45) is 5.92 Å². The Morgan fingerprint density at radius 1 is 1.11 bits per heavy atom. The van der Waals surface area contributed by atoms with Gasteiger partial charge in [0.1, 0.15) is 0 Å². The number of hydrogen-bond donors (Lipinski definition) is 1. The van der Waals surface area contributed by atoms with Gasteiger partial charge in [0.05, 0.1) is 10.5 Å². The van der Waals surface area contributed by atoms with E-state index in [-0.39, 0.29) is 28.3 Å². The summed E-state index contributed by atoms with van der Waals surface area (Å²) in [6.45, 7) is 6.41. The number of carbonyl (C=O) groups is 2. The highest BCUT2D eigenvalue weighted by Gasteiger charge is 2.26. The molecule has 1 amide bonds. The molecule has 0 saturated carbocycles. The van der Waals surface area contributed by atoms with Gasteiger partial charge in [-0.1, -0.05) is 32.8 Å². The molecule has 1 atom stereocenters. The summed E-state index contributed by atoms with van der Waals surface area (Å²) in [5, 5.41) is 2.75. The van der Waals surface area contributed by atoms with Gasteiger partial charge in [0.25, 0.3) is 5.91 Å². The van der Waals surface area contributed by atoms with Crippen LogP contribution in [0.4, 0.5) is 0 Å². The summed E-state index contributed by atoms with van der Waals surface area (Å²) in [7, 11) is -3.65. The Bertz CT molecular complexity index is 784. The molecular weight excluding hydrogens is 380 g/mol. The molecule has 1 aromatic rings. The van der Waals surface area contributed by atoms with E-state index in [1.807, 2.05) is 20.8 Å². The fourth-order valence-electron chi connectivity index (χ4n) is 2.89. The minimum absolute atomic E-state index is 0.0340. The summed E-state index contributed by atoms with van der Waals surface area (Å²) in [5.41, 5.74) is 0.112. The number of amides is 1. The molecule has 0 bridgehead atoms. The maximum atomic E-state index is 12.9. The average molecular weight is 411 g/mol. The lowest BCUT2D eigenvalue weighted by Gasteiger charge is -2.20. The number of benzene rings is 1. The minimum atomic E-state index is -3.65. The lowest BCUT2D eigenvalue weighted by Crippen LogP contribution is -2.38. The third kappa shape index (κ3) is 6.04. The van der Waals surface area contributed by atoms with Gasteiger partial charge in [0.2, 0.25) is 10.0 Å². The number of hydrogen-bond acceptors (Lipinski definition) is 5. The van der Waals surface area contributed by atoms with E-state index in [0.29, 0.717) is 13.1 Å². The van der Waals surface area contributed by atoms with Gasteiger partial charge < -0.3 is 10.1 Å². The molecule has 2 rings (SSSR count). The summed E-state index contributed by atoms with van der Waals surface area (Å²) in [6, 6.07) is 5.76. The van der Waals surface area contributed by atoms with Crippen LogP contribution in [0.15, 0.2) is 29.2 Å². The Morgan fingerprint density at radius 3 is 2.36 bits per heavy atom. The number of carbonyl (C=O) groups excluding carboxylic acids is 2. The lowest BCUT2D eigenvalue weighted by molar-refractivity contribution is -0.125. The molecule has 0 aromatic heterocycles. The van der Waals surface area contributed by atoms with Gasteiger partial charge in [-0.25, -0.2) is 13.2 Å². The fraction of sp³-hybridized carbons (Fsp3) is 0.600. The molecule has 0 radical (unpaired) electrons. The molecule has 1 saturated heterocycles. The highest BCUT2D eigenvalue weighted by atomic mass is 32.2. The van der Waals surface area contributed by atoms with Crippen molar-refractivity contribution in [3.63, 3.8) is 0 Å². The standard InChI is InChI=1S/C20H30N2O5S/c1-15(2)16(3)21-19(23)14-27-20(24)17-9-8-10-18(13-17)28(25,26)22-11-6-4-5-7-12-22/h8-10,13,15-16H,4-7,11-12,14H2,1-3H3,(H,21,23)/t16-/m1/s1. The second kappa shape index (κ2) is 10.0. The SMILES string of the molecule is CC(C)[C@@H](C)NC(=O)COC(=O)c1cccc(S(=O)(=O)N2CCCCCC2)c1. The van der Waals surface area contributed by atoms with Gasteiger partial charge in [-0.05, 0) is 43.9 Å². The molecule has 1 aromatic carbocycles. The van der Waals surface area contributed by atoms with E-state index in [2.05, 4.69) is 5.32 Å². The number of ether oxygens (including phenoxy) is 1. The molecule has 7 nitrogen and oxygen atoms in total. The third-order valence-corrected chi connectivity index (χ3v) is 6.89. The maximum Gasteiger partial charge on any atom is 0.338 e. The van der Waals surface area contributed by atoms with Crippen molar-refractivity contribution in [1.29, 1.82) is 0 Å². The van der Waals surface area contributed by atoms with Crippen LogP contribution in [0.1, 0.15) is 56.8 Å². The first-order valence-corrected chi connectivity index (χ1v) is 11.2. The van der Waals surface area contributed by atoms with Crippen LogP contribution in [-0.4, -0.2) is 50.3 Å². The van der Waals surface area contributed by atoms with Crippen molar-refractivity contribution in [3.05, 3.63) is 29.8 Å². The van der Waals surface area contributed by atoms with E-state index in [1.54, 1.807) is 0 Å². The van der Waals surface area contributed by atoms with Crippen LogP contribution >= 0.6 is 0 Å². The molecule has 0 unspecified atom stereocenters. The highest BCUT2D eigenvalue weighted by molar-refractivity contribution is 7.89. The average Bonchev–Trinajstić information content (AvgIpc) is 2.96. The zero-order valence-electron chi connectivity index (χ0n) is 16.8. The van der Waals surface area contributed by atoms with E-state index < -0.39 is 22.6 Å². The molecule has 0 spiro atoms. The first-order chi connectivity index (χ1) is 13.2. The number of rotatable bonds is 7. The molecule has 28 heavy (non-hydrogen) atoms. The number of nitrogens with zero attached hydrogens (tertiary/aromatic N) is 1. The van der Waals surface area contributed by atoms with E-state index in [0.717, 1.165) is 25.7 Å². The van der Waals surface area contributed by atoms with Crippen molar-refractivity contribution in [3.8, 4) is 0 Å². The van der Waals surface area contributed by atoms with Gasteiger partial charge in [-0.3, -0.25) is 4.79 Å². The molecule has 1 aliphatic rings. The summed E-state index contributed by atoms with van der Waals surface area (Å²) in [4.78, 5) is 24.2. The molecule has 1 heterocycles. The van der Waals surface area contributed by atoms with Crippen LogP contribution in [-0.2, 0) is 19.6 Å². The summed E-state index contributed by atoms with van der Waals surface area (Å²) < 4.78 is 32.3. The maximum absolute atomic E-state index is 12.9. The van der Waals surface area contributed by atoms with Gasteiger partial charge in [0, 0.05) is 19.1 Å². The second-order valence-electron chi connectivity index (χ2n) is 7.52. The molecule has 0 aliphatic carbocycles. The Hall–Kier alpha value is -1.93. The molecule has 1 fully saturated rings. The zero-order valence-corrected chi connectivity index (χ0v) is 17.6. The van der Waals surface area contributed by atoms with Crippen LogP contribution in [0.25, 0.3) is 0 Å². The fourth-order valence-corrected chi connectivity index (χ4v) is 4.45. The van der Waals surface area contributed by atoms with Crippen molar-refractivity contribution in [2.75, 3.05) is 19.7 Å². The van der Waals surface area contributed by atoms with E-state index >= 15 is 0 Å². The summed E-state index contributed by atoms with van der Waals surface area (Å²) >= 11 is 0. The van der Waals surface area contributed by atoms with Crippen molar-refractivity contribution >= 4 is 21.9 Å². The van der Waals surface area contributed by atoms with Crippen molar-refractivity contribution in [1.82, 2.24) is 9.62 Å². The van der Waals surface area contributed by atoms with Crippen LogP contribution in [0.5, 0.6) is 0 Å². The molecule has 1 aliphatic heterocycles. The summed E-state index contributed by atoms with van der Waals surface area (Å²) in [6.07, 6.45) is 3.72. The third-order valence-electron chi connectivity index (χ3n) is 5.00. The Balaban J connectivity index is 2.03. The topological polar surface area (TPSA) is 92.8 Å². The monoisotopic (exact) mass is 410 g/mol. The first kappa shape index (κ1) is 22.4. The highest BCUT2D eigenvalue weighted by Crippen LogP contribution is 2.21. The smallest absolute Gasteiger partial charge is 0.338 e. The number of esters is 1. The Kier molecular flexibility index (Phi) is 8.00. The largest absolute Gasteiger partial charge is 0.452 e. The Labute approximate surface area is 167 Å². The van der Waals surface area contributed by atoms with Gasteiger partial charge >= 0.3 is 5.97 Å². The van der Waals surface area contributed by atoms with Crippen molar-refractivity contribution < 1.29 is 22.7 Å². The first-order valence-electron chi connectivity index (χ1n) is 9.78. The minimum Gasteiger partial charge on any atom is -0.452 e. The predicted octanol–water partition coefficient (Wildman–Crippen LogP) is 2.57. The Morgan fingerprint density at radius 2 is 1.75 bits per heavy atom. The molecule has 1 N–H and O–H groups in total. The zero-order chi connectivity index (χ0) is 20.7. The number of nitrogens with one attached hydrogen (secondary N) is 1. The lowest BCUT2D eigenvalue weighted by atomic mass is 10.1. The summed E-state index contributed by atoms with van der Waals surface area (Å²) in [5.74, 6) is -0.844. The molecular formula is C20H30N2O5S. The normalized spacial score (nSPS) is 17.0. The molecule has 156 valence electrons. The van der Waals surface area contributed by atoms with Gasteiger partial charge in [0.15, 0.2) is 6.61 Å². The van der Waals surface area contributed by atoms with Crippen LogP contribution < -0.4 is 5.32 Å². The number of sulfonamides is 1. The quantitative estimate of drug-likeness (QED) is 0.698. The van der Waals surface area contributed by atoms with Crippen LogP contribution in [0.3, 0.4) is 0 Å². The van der Waals surface area contributed by atoms with Crippen molar-refractivity contribution in [2.45, 2.75) is 57.4 Å². The van der Waals surface area contributed by atoms with Crippen LogP contribution in [0, 0.1) is 5.92 Å². The predicted molar refractivity (Wildman–Crippen MR) is 106 cm³/mol. The van der Waals surface area contributed by atoms with E-state index in [9.17, 15) is 18.0 Å².